The Labute approximate surface area is 138 Å². The molecule has 2 aromatic heterocycles. The smallest absolute Gasteiger partial charge is 0.174 e. The van der Waals surface area contributed by atoms with Gasteiger partial charge in [0.2, 0.25) is 0 Å². The molecule has 1 aliphatic rings. The van der Waals surface area contributed by atoms with Crippen LogP contribution in [0.25, 0.3) is 22.3 Å². The normalized spacial score (nSPS) is 16.7. The monoisotopic (exact) mass is 326 g/mol. The van der Waals surface area contributed by atoms with E-state index in [9.17, 15) is 10.3 Å². The third kappa shape index (κ3) is 2.45. The minimum absolute atomic E-state index is 0.148. The lowest BCUT2D eigenvalue weighted by atomic mass is 10.1. The predicted molar refractivity (Wildman–Crippen MR) is 88.5 cm³/mol. The molecule has 0 bridgehead atoms. The lowest BCUT2D eigenvalue weighted by molar-refractivity contribution is -0.110. The van der Waals surface area contributed by atoms with Gasteiger partial charge < -0.3 is 16.0 Å². The molecule has 0 amide bonds. The van der Waals surface area contributed by atoms with Crippen molar-refractivity contribution >= 4 is 16.9 Å². The van der Waals surface area contributed by atoms with Gasteiger partial charge >= 0.3 is 0 Å². The third-order valence-electron chi connectivity index (χ3n) is 4.45. The van der Waals surface area contributed by atoms with Crippen LogP contribution >= 0.6 is 0 Å². The van der Waals surface area contributed by atoms with Gasteiger partial charge in [0.05, 0.1) is 17.3 Å². The molecule has 4 rings (SSSR count). The topological polar surface area (TPSA) is 113 Å². The second kappa shape index (κ2) is 5.73. The van der Waals surface area contributed by atoms with Crippen molar-refractivity contribution in [1.29, 1.82) is 0 Å². The standard InChI is InChI=1S/C16H18N6O2/c17-16-15-13(22(20-16)10-5-7-21(24)8-6-10)9-12(18-19-15)11-3-1-2-4-14(11)23/h1-4,9-10,23-24H,5-8H2,(H2,17,20). The van der Waals surface area contributed by atoms with E-state index in [1.807, 2.05) is 16.8 Å². The first kappa shape index (κ1) is 14.9. The van der Waals surface area contributed by atoms with Crippen molar-refractivity contribution in [2.45, 2.75) is 18.9 Å². The lowest BCUT2D eigenvalue weighted by Crippen LogP contribution is -2.32. The van der Waals surface area contributed by atoms with Crippen LogP contribution in [-0.2, 0) is 0 Å². The second-order valence-electron chi connectivity index (χ2n) is 6.00. The Kier molecular flexibility index (Phi) is 3.55. The van der Waals surface area contributed by atoms with Crippen molar-refractivity contribution < 1.29 is 10.3 Å². The Morgan fingerprint density at radius 3 is 2.62 bits per heavy atom. The molecule has 0 saturated carbocycles. The van der Waals surface area contributed by atoms with Crippen molar-refractivity contribution in [2.75, 3.05) is 18.8 Å². The van der Waals surface area contributed by atoms with E-state index in [1.54, 1.807) is 18.2 Å². The highest BCUT2D eigenvalue weighted by molar-refractivity contribution is 5.87. The number of piperidine rings is 1. The molecule has 1 fully saturated rings. The summed E-state index contributed by atoms with van der Waals surface area (Å²) in [5.74, 6) is 0.492. The number of nitrogens with zero attached hydrogens (tertiary/aromatic N) is 5. The van der Waals surface area contributed by atoms with Gasteiger partial charge in [-0.2, -0.15) is 10.2 Å². The number of anilines is 1. The number of hydrogen-bond donors (Lipinski definition) is 3. The highest BCUT2D eigenvalue weighted by Gasteiger charge is 2.23. The number of para-hydroxylation sites is 1. The van der Waals surface area contributed by atoms with Crippen molar-refractivity contribution in [3.05, 3.63) is 30.3 Å². The molecule has 8 heteroatoms. The molecule has 0 unspecified atom stereocenters. The Balaban J connectivity index is 1.81. The van der Waals surface area contributed by atoms with E-state index in [1.165, 1.54) is 5.06 Å². The maximum atomic E-state index is 10.0. The molecule has 0 atom stereocenters. The van der Waals surface area contributed by atoms with E-state index in [2.05, 4.69) is 15.3 Å². The van der Waals surface area contributed by atoms with E-state index >= 15 is 0 Å². The molecule has 3 heterocycles. The molecule has 24 heavy (non-hydrogen) atoms. The molecule has 1 saturated heterocycles. The maximum absolute atomic E-state index is 10.0. The number of aromatic nitrogens is 4. The molecule has 4 N–H and O–H groups in total. The first-order chi connectivity index (χ1) is 11.6. The second-order valence-corrected chi connectivity index (χ2v) is 6.00. The van der Waals surface area contributed by atoms with Gasteiger partial charge in [0.15, 0.2) is 11.3 Å². The SMILES string of the molecule is Nc1nn(C2CCN(O)CC2)c2cc(-c3ccccc3O)nnc12. The van der Waals surface area contributed by atoms with E-state index < -0.39 is 0 Å². The summed E-state index contributed by atoms with van der Waals surface area (Å²) in [6.45, 7) is 1.19. The average Bonchev–Trinajstić information content (AvgIpc) is 2.92. The van der Waals surface area contributed by atoms with E-state index in [-0.39, 0.29) is 11.8 Å². The summed E-state index contributed by atoms with van der Waals surface area (Å²) in [7, 11) is 0. The van der Waals surface area contributed by atoms with Crippen LogP contribution in [0.1, 0.15) is 18.9 Å². The van der Waals surface area contributed by atoms with Gasteiger partial charge in [0.25, 0.3) is 0 Å². The highest BCUT2D eigenvalue weighted by atomic mass is 16.5. The number of rotatable bonds is 2. The minimum Gasteiger partial charge on any atom is -0.507 e. The highest BCUT2D eigenvalue weighted by Crippen LogP contribution is 2.32. The molecule has 8 nitrogen and oxygen atoms in total. The molecule has 0 aliphatic carbocycles. The van der Waals surface area contributed by atoms with E-state index in [0.29, 0.717) is 35.7 Å². The van der Waals surface area contributed by atoms with Gasteiger partial charge in [0, 0.05) is 18.7 Å². The first-order valence-electron chi connectivity index (χ1n) is 7.87. The summed E-state index contributed by atoms with van der Waals surface area (Å²) in [6.07, 6.45) is 1.56. The minimum atomic E-state index is 0.148. The molecule has 124 valence electrons. The van der Waals surface area contributed by atoms with Crippen LogP contribution in [0.4, 0.5) is 5.82 Å². The number of aromatic hydroxyl groups is 1. The molecule has 0 spiro atoms. The van der Waals surface area contributed by atoms with Gasteiger partial charge in [-0.15, -0.1) is 10.2 Å². The van der Waals surface area contributed by atoms with Gasteiger partial charge in [-0.3, -0.25) is 4.68 Å². The number of hydrogen-bond acceptors (Lipinski definition) is 7. The van der Waals surface area contributed by atoms with Gasteiger partial charge in [-0.1, -0.05) is 12.1 Å². The number of phenols is 1. The molecule has 1 aromatic carbocycles. The van der Waals surface area contributed by atoms with Crippen molar-refractivity contribution in [3.63, 3.8) is 0 Å². The predicted octanol–water partition coefficient (Wildman–Crippen LogP) is 1.81. The van der Waals surface area contributed by atoms with E-state index in [0.717, 1.165) is 18.4 Å². The fraction of sp³-hybridized carbons (Fsp3) is 0.312. The zero-order valence-electron chi connectivity index (χ0n) is 13.0. The van der Waals surface area contributed by atoms with Crippen molar-refractivity contribution in [1.82, 2.24) is 25.0 Å². The zero-order chi connectivity index (χ0) is 16.7. The average molecular weight is 326 g/mol. The Morgan fingerprint density at radius 1 is 1.12 bits per heavy atom. The number of benzene rings is 1. The number of phenolic OH excluding ortho intramolecular Hbond substituents is 1. The first-order valence-corrected chi connectivity index (χ1v) is 7.87. The van der Waals surface area contributed by atoms with Gasteiger partial charge in [-0.05, 0) is 31.0 Å². The number of nitrogen functional groups attached to an aromatic ring is 1. The van der Waals surface area contributed by atoms with Crippen LogP contribution in [0.2, 0.25) is 0 Å². The fourth-order valence-electron chi connectivity index (χ4n) is 3.15. The fourth-order valence-corrected chi connectivity index (χ4v) is 3.15. The zero-order valence-corrected chi connectivity index (χ0v) is 13.0. The Bertz CT molecular complexity index is 885. The molecule has 1 aliphatic heterocycles. The molecule has 0 radical (unpaired) electrons. The molecular weight excluding hydrogens is 308 g/mol. The van der Waals surface area contributed by atoms with Crippen LogP contribution in [0.3, 0.4) is 0 Å². The summed E-state index contributed by atoms with van der Waals surface area (Å²) < 4.78 is 1.87. The van der Waals surface area contributed by atoms with Crippen LogP contribution in [0, 0.1) is 0 Å². The summed E-state index contributed by atoms with van der Waals surface area (Å²) >= 11 is 0. The van der Waals surface area contributed by atoms with Crippen LogP contribution < -0.4 is 5.73 Å². The Morgan fingerprint density at radius 2 is 1.88 bits per heavy atom. The van der Waals surface area contributed by atoms with Crippen molar-refractivity contribution in [3.8, 4) is 17.0 Å². The summed E-state index contributed by atoms with van der Waals surface area (Å²) in [5, 5.41) is 33.7. The number of fused-ring (bicyclic) bond motifs is 1. The van der Waals surface area contributed by atoms with E-state index in [4.69, 9.17) is 5.73 Å². The summed E-state index contributed by atoms with van der Waals surface area (Å²) in [6, 6.07) is 9.00. The van der Waals surface area contributed by atoms with Crippen LogP contribution in [0.5, 0.6) is 5.75 Å². The maximum Gasteiger partial charge on any atom is 0.174 e. The summed E-state index contributed by atoms with van der Waals surface area (Å²) in [5.41, 5.74) is 8.52. The van der Waals surface area contributed by atoms with Crippen LogP contribution in [0.15, 0.2) is 30.3 Å². The Hall–Kier alpha value is -2.71. The van der Waals surface area contributed by atoms with Gasteiger partial charge in [0.1, 0.15) is 5.75 Å². The number of nitrogens with two attached hydrogens (primary N) is 1. The largest absolute Gasteiger partial charge is 0.507 e. The third-order valence-corrected chi connectivity index (χ3v) is 4.45. The lowest BCUT2D eigenvalue weighted by Gasteiger charge is -2.27. The van der Waals surface area contributed by atoms with Gasteiger partial charge in [-0.25, -0.2) is 0 Å². The quantitative estimate of drug-likeness (QED) is 0.658. The number of hydroxylamine groups is 2. The molecular formula is C16H18N6O2. The molecule has 3 aromatic rings. The van der Waals surface area contributed by atoms with Crippen LogP contribution in [-0.4, -0.2) is 48.4 Å². The van der Waals surface area contributed by atoms with Crippen molar-refractivity contribution in [2.24, 2.45) is 0 Å². The summed E-state index contributed by atoms with van der Waals surface area (Å²) in [4.78, 5) is 0.